The van der Waals surface area contributed by atoms with Crippen molar-refractivity contribution in [3.8, 4) is 0 Å². The molecule has 2 N–H and O–H groups in total. The lowest BCUT2D eigenvalue weighted by Gasteiger charge is -2.13. The van der Waals surface area contributed by atoms with E-state index < -0.39 is 6.09 Å². The maximum absolute atomic E-state index is 11.0. The minimum Gasteiger partial charge on any atom is -0.452 e. The second-order valence-electron chi connectivity index (χ2n) is 4.39. The number of aliphatic imine (C=N–C) groups is 1. The number of nitrogens with zero attached hydrogens (tertiary/aromatic N) is 2. The largest absolute Gasteiger partial charge is 0.452 e. The highest BCUT2D eigenvalue weighted by molar-refractivity contribution is 8.14. The molecule has 1 aromatic carbocycles. The average Bonchev–Trinajstić information content (AvgIpc) is 2.54. The van der Waals surface area contributed by atoms with Crippen molar-refractivity contribution in [2.75, 3.05) is 24.7 Å². The molecule has 0 aliphatic carbocycles. The molecule has 0 fully saturated rings. The van der Waals surface area contributed by atoms with Gasteiger partial charge in [0.15, 0.2) is 5.17 Å². The molecule has 112 valence electrons. The van der Waals surface area contributed by atoms with E-state index in [-0.39, 0.29) is 0 Å². The summed E-state index contributed by atoms with van der Waals surface area (Å²) in [5.74, 6) is 1.11. The van der Waals surface area contributed by atoms with E-state index in [2.05, 4.69) is 25.6 Å². The number of nitrogens with one attached hydrogen (secondary N) is 2. The van der Waals surface area contributed by atoms with Crippen LogP contribution in [0, 0.1) is 0 Å². The Morgan fingerprint density at radius 1 is 1.38 bits per heavy atom. The lowest BCUT2D eigenvalue weighted by atomic mass is 10.1. The fourth-order valence-corrected chi connectivity index (χ4v) is 2.53. The minimum atomic E-state index is -0.583. The van der Waals surface area contributed by atoms with Crippen LogP contribution in [0.4, 0.5) is 10.5 Å². The minimum absolute atomic E-state index is 0.583. The van der Waals surface area contributed by atoms with Crippen LogP contribution in [-0.2, 0) is 4.74 Å². The fourth-order valence-electron chi connectivity index (χ4n) is 1.69. The Bertz CT molecular complexity index is 555. The van der Waals surface area contributed by atoms with E-state index in [1.165, 1.54) is 7.11 Å². The summed E-state index contributed by atoms with van der Waals surface area (Å²) >= 11 is 1.74. The van der Waals surface area contributed by atoms with E-state index in [1.807, 2.05) is 31.2 Å². The fraction of sp³-hybridized carbons (Fsp3) is 0.357. The quantitative estimate of drug-likeness (QED) is 0.665. The topological polar surface area (TPSA) is 75.1 Å². The number of ether oxygens (including phenoxy) is 1. The molecule has 0 unspecified atom stereocenters. The first-order valence-electron chi connectivity index (χ1n) is 6.62. The number of methoxy groups -OCH3 is 1. The van der Waals surface area contributed by atoms with Crippen molar-refractivity contribution in [3.63, 3.8) is 0 Å². The van der Waals surface area contributed by atoms with E-state index in [0.29, 0.717) is 5.71 Å². The monoisotopic (exact) mass is 306 g/mol. The van der Waals surface area contributed by atoms with Gasteiger partial charge >= 0.3 is 6.09 Å². The van der Waals surface area contributed by atoms with E-state index in [4.69, 9.17) is 0 Å². The van der Waals surface area contributed by atoms with Gasteiger partial charge in [-0.25, -0.2) is 10.2 Å². The third kappa shape index (κ3) is 4.78. The van der Waals surface area contributed by atoms with Crippen molar-refractivity contribution >= 4 is 34.4 Å². The lowest BCUT2D eigenvalue weighted by Crippen LogP contribution is -2.18. The molecule has 1 aliphatic heterocycles. The Kier molecular flexibility index (Phi) is 5.62. The summed E-state index contributed by atoms with van der Waals surface area (Å²) in [5, 5.41) is 8.21. The van der Waals surface area contributed by atoms with Crippen LogP contribution in [0.5, 0.6) is 0 Å². The molecule has 0 radical (unpaired) electrons. The van der Waals surface area contributed by atoms with Crippen LogP contribution in [0.1, 0.15) is 18.9 Å². The van der Waals surface area contributed by atoms with Gasteiger partial charge in [-0.05, 0) is 31.0 Å². The maximum Gasteiger partial charge on any atom is 0.427 e. The van der Waals surface area contributed by atoms with Gasteiger partial charge in [-0.2, -0.15) is 5.10 Å². The van der Waals surface area contributed by atoms with Gasteiger partial charge in [0.05, 0.1) is 12.8 Å². The predicted octanol–water partition coefficient (Wildman–Crippen LogP) is 2.67. The molecule has 7 heteroatoms. The highest BCUT2D eigenvalue weighted by Gasteiger charge is 2.06. The van der Waals surface area contributed by atoms with Gasteiger partial charge in [-0.3, -0.25) is 4.99 Å². The van der Waals surface area contributed by atoms with Gasteiger partial charge in [0.2, 0.25) is 0 Å². The first kappa shape index (κ1) is 15.4. The summed E-state index contributed by atoms with van der Waals surface area (Å²) < 4.78 is 4.46. The average molecular weight is 306 g/mol. The molecular formula is C14H18N4O2S. The molecule has 0 aromatic heterocycles. The first-order valence-corrected chi connectivity index (χ1v) is 7.60. The van der Waals surface area contributed by atoms with Crippen LogP contribution >= 0.6 is 11.8 Å². The van der Waals surface area contributed by atoms with Crippen LogP contribution in [0.2, 0.25) is 0 Å². The van der Waals surface area contributed by atoms with Crippen LogP contribution < -0.4 is 10.7 Å². The van der Waals surface area contributed by atoms with Crippen LogP contribution in [0.3, 0.4) is 0 Å². The Labute approximate surface area is 128 Å². The number of rotatable bonds is 3. The summed E-state index contributed by atoms with van der Waals surface area (Å²) in [6, 6.07) is 7.80. The number of anilines is 1. The second kappa shape index (κ2) is 7.68. The van der Waals surface area contributed by atoms with Crippen molar-refractivity contribution < 1.29 is 9.53 Å². The molecular weight excluding hydrogens is 288 g/mol. The molecule has 6 nitrogen and oxygen atoms in total. The zero-order valence-corrected chi connectivity index (χ0v) is 12.9. The van der Waals surface area contributed by atoms with E-state index in [9.17, 15) is 4.79 Å². The number of hydrazone groups is 1. The molecule has 0 saturated carbocycles. The van der Waals surface area contributed by atoms with Crippen LogP contribution in [-0.4, -0.2) is 36.4 Å². The molecule has 0 atom stereocenters. The predicted molar refractivity (Wildman–Crippen MR) is 87.2 cm³/mol. The normalized spacial score (nSPS) is 15.1. The van der Waals surface area contributed by atoms with Gasteiger partial charge in [0, 0.05) is 18.0 Å². The van der Waals surface area contributed by atoms with E-state index in [1.54, 1.807) is 11.8 Å². The molecule has 0 saturated heterocycles. The molecule has 1 aromatic rings. The smallest absolute Gasteiger partial charge is 0.427 e. The van der Waals surface area contributed by atoms with Crippen molar-refractivity contribution in [1.29, 1.82) is 0 Å². The number of hydrogen-bond donors (Lipinski definition) is 2. The number of carbonyl (C=O) groups is 1. The lowest BCUT2D eigenvalue weighted by molar-refractivity contribution is 0.171. The van der Waals surface area contributed by atoms with Gasteiger partial charge in [-0.1, -0.05) is 23.9 Å². The van der Waals surface area contributed by atoms with Crippen molar-refractivity contribution in [2.45, 2.75) is 13.3 Å². The highest BCUT2D eigenvalue weighted by Crippen LogP contribution is 2.17. The molecule has 2 rings (SSSR count). The van der Waals surface area contributed by atoms with Crippen molar-refractivity contribution in [3.05, 3.63) is 29.8 Å². The zero-order chi connectivity index (χ0) is 15.1. The number of thioether (sulfide) groups is 1. The van der Waals surface area contributed by atoms with Gasteiger partial charge < -0.3 is 10.1 Å². The summed E-state index contributed by atoms with van der Waals surface area (Å²) in [5.41, 5.74) is 4.92. The second-order valence-corrected chi connectivity index (χ2v) is 5.48. The first-order chi connectivity index (χ1) is 10.2. The Balaban J connectivity index is 1.97. The van der Waals surface area contributed by atoms with Crippen LogP contribution in [0.25, 0.3) is 0 Å². The summed E-state index contributed by atoms with van der Waals surface area (Å²) in [7, 11) is 1.30. The van der Waals surface area contributed by atoms with Crippen molar-refractivity contribution in [1.82, 2.24) is 5.43 Å². The van der Waals surface area contributed by atoms with Gasteiger partial charge in [-0.15, -0.1) is 0 Å². The Hall–Kier alpha value is -2.02. The third-order valence-electron chi connectivity index (χ3n) is 2.85. The molecule has 1 aliphatic rings. The van der Waals surface area contributed by atoms with Gasteiger partial charge in [0.25, 0.3) is 0 Å². The molecule has 1 heterocycles. The third-order valence-corrected chi connectivity index (χ3v) is 3.85. The SMILES string of the molecule is COC(=O)N/N=C(/C)c1ccc(NC2=NCCCS2)cc1. The number of benzene rings is 1. The number of amides is 1. The number of hydrogen-bond acceptors (Lipinski definition) is 6. The molecule has 0 bridgehead atoms. The zero-order valence-electron chi connectivity index (χ0n) is 12.0. The van der Waals surface area contributed by atoms with Crippen LogP contribution in [0.15, 0.2) is 34.4 Å². The van der Waals surface area contributed by atoms with E-state index in [0.717, 1.165) is 35.1 Å². The molecule has 1 amide bonds. The highest BCUT2D eigenvalue weighted by atomic mass is 32.2. The van der Waals surface area contributed by atoms with Crippen molar-refractivity contribution in [2.24, 2.45) is 10.1 Å². The molecule has 21 heavy (non-hydrogen) atoms. The molecule has 0 spiro atoms. The Morgan fingerprint density at radius 3 is 2.76 bits per heavy atom. The summed E-state index contributed by atoms with van der Waals surface area (Å²) in [6.45, 7) is 2.71. The number of carbonyl (C=O) groups excluding carboxylic acids is 1. The summed E-state index contributed by atoms with van der Waals surface area (Å²) in [6.07, 6.45) is 0.553. The summed E-state index contributed by atoms with van der Waals surface area (Å²) in [4.78, 5) is 15.4. The maximum atomic E-state index is 11.0. The standard InChI is InChI=1S/C14H18N4O2S/c1-10(17-18-14(19)20-2)11-4-6-12(7-5-11)16-13-15-8-3-9-21-13/h4-7H,3,8-9H2,1-2H3,(H,15,16)(H,18,19)/b17-10-. The Morgan fingerprint density at radius 2 is 2.14 bits per heavy atom. The number of amidine groups is 1. The van der Waals surface area contributed by atoms with E-state index >= 15 is 0 Å². The van der Waals surface area contributed by atoms with Gasteiger partial charge in [0.1, 0.15) is 0 Å².